The summed E-state index contributed by atoms with van der Waals surface area (Å²) in [5.41, 5.74) is 3.71. The maximum Gasteiger partial charge on any atom is 0.221 e. The van der Waals surface area contributed by atoms with Gasteiger partial charge in [0.2, 0.25) is 5.91 Å². The monoisotopic (exact) mass is 265 g/mol. The zero-order valence-corrected chi connectivity index (χ0v) is 13.0. The van der Waals surface area contributed by atoms with E-state index in [2.05, 4.69) is 49.0 Å². The molecule has 1 unspecified atom stereocenters. The number of rotatable bonds is 6. The highest BCUT2D eigenvalue weighted by Gasteiger charge is 2.17. The number of nitrogens with one attached hydrogen (secondary N) is 2. The standard InChI is InChI=1S/C15H27N3O/c1-10(2)18-11(3)9-14(13(18)5)12(4)17-15(19)7-8-16-6/h9-10,12,16H,7-8H2,1-6H3,(H,17,19). The predicted molar refractivity (Wildman–Crippen MR) is 79.4 cm³/mol. The lowest BCUT2D eigenvalue weighted by atomic mass is 10.1. The lowest BCUT2D eigenvalue weighted by Crippen LogP contribution is -2.29. The molecule has 0 saturated carbocycles. The van der Waals surface area contributed by atoms with E-state index in [1.165, 1.54) is 17.0 Å². The van der Waals surface area contributed by atoms with Gasteiger partial charge in [0.1, 0.15) is 0 Å². The number of carbonyl (C=O) groups is 1. The first-order chi connectivity index (χ1) is 8.88. The quantitative estimate of drug-likeness (QED) is 0.830. The van der Waals surface area contributed by atoms with Crippen LogP contribution in [0.4, 0.5) is 0 Å². The minimum absolute atomic E-state index is 0.0584. The Bertz CT molecular complexity index is 435. The molecule has 2 N–H and O–H groups in total. The fourth-order valence-corrected chi connectivity index (χ4v) is 2.67. The Labute approximate surface area is 116 Å². The van der Waals surface area contributed by atoms with Crippen molar-refractivity contribution < 1.29 is 4.79 Å². The Morgan fingerprint density at radius 1 is 1.32 bits per heavy atom. The van der Waals surface area contributed by atoms with Crippen molar-refractivity contribution in [2.75, 3.05) is 13.6 Å². The minimum Gasteiger partial charge on any atom is -0.349 e. The van der Waals surface area contributed by atoms with Crippen molar-refractivity contribution in [3.63, 3.8) is 0 Å². The van der Waals surface area contributed by atoms with E-state index in [0.717, 1.165) is 0 Å². The molecule has 1 aromatic rings. The molecule has 108 valence electrons. The topological polar surface area (TPSA) is 46.1 Å². The van der Waals surface area contributed by atoms with Gasteiger partial charge in [-0.05, 0) is 53.3 Å². The molecule has 0 aliphatic heterocycles. The van der Waals surface area contributed by atoms with E-state index in [-0.39, 0.29) is 11.9 Å². The van der Waals surface area contributed by atoms with Crippen LogP contribution in [0.5, 0.6) is 0 Å². The average molecular weight is 265 g/mol. The largest absolute Gasteiger partial charge is 0.349 e. The molecule has 1 atom stereocenters. The third-order valence-corrected chi connectivity index (χ3v) is 3.49. The molecule has 0 spiro atoms. The van der Waals surface area contributed by atoms with Gasteiger partial charge in [0.05, 0.1) is 6.04 Å². The SMILES string of the molecule is CNCCC(=O)NC(C)c1cc(C)n(C(C)C)c1C. The van der Waals surface area contributed by atoms with Gasteiger partial charge in [-0.1, -0.05) is 0 Å². The first-order valence-electron chi connectivity index (χ1n) is 7.00. The van der Waals surface area contributed by atoms with Gasteiger partial charge in [-0.2, -0.15) is 0 Å². The van der Waals surface area contributed by atoms with Crippen molar-refractivity contribution >= 4 is 5.91 Å². The molecule has 0 aliphatic carbocycles. The molecule has 19 heavy (non-hydrogen) atoms. The zero-order chi connectivity index (χ0) is 14.6. The minimum atomic E-state index is 0.0584. The van der Waals surface area contributed by atoms with Gasteiger partial charge >= 0.3 is 0 Å². The Balaban J connectivity index is 2.80. The van der Waals surface area contributed by atoms with E-state index < -0.39 is 0 Å². The van der Waals surface area contributed by atoms with E-state index in [4.69, 9.17) is 0 Å². The summed E-state index contributed by atoms with van der Waals surface area (Å²) in [6, 6.07) is 2.68. The summed E-state index contributed by atoms with van der Waals surface area (Å²) < 4.78 is 2.31. The number of aromatic nitrogens is 1. The molecule has 0 aliphatic rings. The first-order valence-corrected chi connectivity index (χ1v) is 7.00. The van der Waals surface area contributed by atoms with Gasteiger partial charge in [-0.25, -0.2) is 0 Å². The fourth-order valence-electron chi connectivity index (χ4n) is 2.67. The summed E-state index contributed by atoms with van der Waals surface area (Å²) in [5, 5.41) is 6.05. The third kappa shape index (κ3) is 3.83. The van der Waals surface area contributed by atoms with Crippen LogP contribution in [0.1, 0.15) is 56.2 Å². The number of hydrogen-bond acceptors (Lipinski definition) is 2. The van der Waals surface area contributed by atoms with Gasteiger partial charge in [-0.3, -0.25) is 4.79 Å². The van der Waals surface area contributed by atoms with Gasteiger partial charge in [0, 0.05) is 30.4 Å². The molecule has 0 aromatic carbocycles. The van der Waals surface area contributed by atoms with Gasteiger partial charge in [0.15, 0.2) is 0 Å². The number of aryl methyl sites for hydroxylation is 1. The maximum atomic E-state index is 11.8. The first kappa shape index (κ1) is 15.8. The summed E-state index contributed by atoms with van der Waals surface area (Å²) in [6.45, 7) is 11.4. The normalized spacial score (nSPS) is 12.8. The molecule has 1 amide bonds. The number of amides is 1. The lowest BCUT2D eigenvalue weighted by Gasteiger charge is -2.17. The zero-order valence-electron chi connectivity index (χ0n) is 13.0. The number of carbonyl (C=O) groups excluding carboxylic acids is 1. The highest BCUT2D eigenvalue weighted by molar-refractivity contribution is 5.76. The Morgan fingerprint density at radius 2 is 1.95 bits per heavy atom. The molecule has 0 radical (unpaired) electrons. The predicted octanol–water partition coefficient (Wildman–Crippen LogP) is 2.47. The second-order valence-electron chi connectivity index (χ2n) is 5.43. The van der Waals surface area contributed by atoms with E-state index in [1.807, 2.05) is 14.0 Å². The van der Waals surface area contributed by atoms with Crippen molar-refractivity contribution in [3.8, 4) is 0 Å². The van der Waals surface area contributed by atoms with E-state index >= 15 is 0 Å². The van der Waals surface area contributed by atoms with Crippen LogP contribution in [-0.4, -0.2) is 24.1 Å². The summed E-state index contributed by atoms with van der Waals surface area (Å²) in [6.07, 6.45) is 0.518. The number of nitrogens with zero attached hydrogens (tertiary/aromatic N) is 1. The van der Waals surface area contributed by atoms with Gasteiger partial charge < -0.3 is 15.2 Å². The Morgan fingerprint density at radius 3 is 2.42 bits per heavy atom. The molecule has 4 nitrogen and oxygen atoms in total. The number of hydrogen-bond donors (Lipinski definition) is 2. The summed E-state index contributed by atoms with van der Waals surface area (Å²) in [5.74, 6) is 0.0937. The van der Waals surface area contributed by atoms with Crippen molar-refractivity contribution in [1.82, 2.24) is 15.2 Å². The summed E-state index contributed by atoms with van der Waals surface area (Å²) >= 11 is 0. The highest BCUT2D eigenvalue weighted by Crippen LogP contribution is 2.25. The summed E-state index contributed by atoms with van der Waals surface area (Å²) in [7, 11) is 1.85. The van der Waals surface area contributed by atoms with Crippen LogP contribution in [0.3, 0.4) is 0 Å². The Hall–Kier alpha value is -1.29. The van der Waals surface area contributed by atoms with Crippen LogP contribution in [0.2, 0.25) is 0 Å². The van der Waals surface area contributed by atoms with Gasteiger partial charge in [-0.15, -0.1) is 0 Å². The maximum absolute atomic E-state index is 11.8. The van der Waals surface area contributed by atoms with Crippen LogP contribution in [0.25, 0.3) is 0 Å². The van der Waals surface area contributed by atoms with Crippen LogP contribution in [0.15, 0.2) is 6.07 Å². The molecule has 1 rings (SSSR count). The summed E-state index contributed by atoms with van der Waals surface area (Å²) in [4.78, 5) is 11.8. The smallest absolute Gasteiger partial charge is 0.221 e. The molecule has 1 heterocycles. The fraction of sp³-hybridized carbons (Fsp3) is 0.667. The second kappa shape index (κ2) is 6.75. The van der Waals surface area contributed by atoms with E-state index in [0.29, 0.717) is 19.0 Å². The van der Waals surface area contributed by atoms with E-state index in [9.17, 15) is 4.79 Å². The van der Waals surface area contributed by atoms with Gasteiger partial charge in [0.25, 0.3) is 0 Å². The molecule has 0 bridgehead atoms. The molecule has 1 aromatic heterocycles. The second-order valence-corrected chi connectivity index (χ2v) is 5.43. The van der Waals surface area contributed by atoms with Crippen molar-refractivity contribution in [3.05, 3.63) is 23.0 Å². The Kier molecular flexibility index (Phi) is 5.60. The van der Waals surface area contributed by atoms with Crippen LogP contribution < -0.4 is 10.6 Å². The van der Waals surface area contributed by atoms with Crippen LogP contribution in [-0.2, 0) is 4.79 Å². The molecule has 0 saturated heterocycles. The van der Waals surface area contributed by atoms with Crippen molar-refractivity contribution in [2.24, 2.45) is 0 Å². The van der Waals surface area contributed by atoms with Crippen molar-refractivity contribution in [2.45, 2.75) is 53.1 Å². The molecule has 4 heteroatoms. The third-order valence-electron chi connectivity index (χ3n) is 3.49. The van der Waals surface area contributed by atoms with Crippen molar-refractivity contribution in [1.29, 1.82) is 0 Å². The van der Waals surface area contributed by atoms with Crippen LogP contribution >= 0.6 is 0 Å². The molecular weight excluding hydrogens is 238 g/mol. The van der Waals surface area contributed by atoms with E-state index in [1.54, 1.807) is 0 Å². The highest BCUT2D eigenvalue weighted by atomic mass is 16.1. The lowest BCUT2D eigenvalue weighted by molar-refractivity contribution is -0.121. The van der Waals surface area contributed by atoms with Crippen LogP contribution in [0, 0.1) is 13.8 Å². The molecular formula is C15H27N3O. The molecule has 0 fully saturated rings. The average Bonchev–Trinajstić information content (AvgIpc) is 2.62.